The molecule has 0 fully saturated rings. The number of methoxy groups -OCH3 is 1. The van der Waals surface area contributed by atoms with Crippen LogP contribution in [0.3, 0.4) is 0 Å². The third kappa shape index (κ3) is 3.94. The van der Waals surface area contributed by atoms with Gasteiger partial charge in [-0.2, -0.15) is 5.10 Å². The van der Waals surface area contributed by atoms with Crippen LogP contribution in [0.5, 0.6) is 11.5 Å². The van der Waals surface area contributed by atoms with Crippen molar-refractivity contribution in [2.45, 2.75) is 0 Å². The van der Waals surface area contributed by atoms with E-state index in [1.165, 1.54) is 19.4 Å². The molecule has 0 aliphatic heterocycles. The molecule has 0 spiro atoms. The van der Waals surface area contributed by atoms with Gasteiger partial charge in [-0.15, -0.1) is 0 Å². The maximum atomic E-state index is 12.5. The maximum Gasteiger partial charge on any atom is 0.312 e. The van der Waals surface area contributed by atoms with Crippen LogP contribution in [0.2, 0.25) is 0 Å². The number of halogens is 1. The van der Waals surface area contributed by atoms with E-state index in [9.17, 15) is 20.0 Å². The number of hydrazone groups is 1. The molecule has 0 saturated heterocycles. The number of phenols is 1. The Hall–Kier alpha value is -3.46. The summed E-state index contributed by atoms with van der Waals surface area (Å²) in [6.45, 7) is 0. The normalized spacial score (nSPS) is 10.9. The highest BCUT2D eigenvalue weighted by Gasteiger charge is 2.17. The van der Waals surface area contributed by atoms with Gasteiger partial charge < -0.3 is 9.84 Å². The third-order valence-corrected chi connectivity index (χ3v) is 4.56. The second-order valence-electron chi connectivity index (χ2n) is 5.73. The van der Waals surface area contributed by atoms with Crippen LogP contribution in [0.25, 0.3) is 10.8 Å². The van der Waals surface area contributed by atoms with E-state index in [1.54, 1.807) is 12.1 Å². The Morgan fingerprint density at radius 1 is 1.25 bits per heavy atom. The molecular weight excluding hydrogens is 430 g/mol. The zero-order valence-corrected chi connectivity index (χ0v) is 16.1. The van der Waals surface area contributed by atoms with Crippen molar-refractivity contribution in [2.24, 2.45) is 5.10 Å². The van der Waals surface area contributed by atoms with Gasteiger partial charge in [0.05, 0.1) is 28.3 Å². The van der Waals surface area contributed by atoms with Gasteiger partial charge in [-0.3, -0.25) is 14.9 Å². The standard InChI is InChI=1S/C19H14BrN3O5/c1-28-17-9-13-5-3-2-4-12(13)8-14(17)19(25)22-21-10-11-6-15(20)18(24)16(7-11)23(26)27/h2-10,24H,1H3,(H,22,25)/b21-10+. The average Bonchev–Trinajstić information content (AvgIpc) is 2.69. The largest absolute Gasteiger partial charge is 0.501 e. The monoisotopic (exact) mass is 443 g/mol. The van der Waals surface area contributed by atoms with E-state index in [4.69, 9.17) is 4.74 Å². The quantitative estimate of drug-likeness (QED) is 0.351. The minimum atomic E-state index is -0.712. The van der Waals surface area contributed by atoms with Crippen LogP contribution in [0.4, 0.5) is 5.69 Å². The number of carbonyl (C=O) groups is 1. The predicted molar refractivity (Wildman–Crippen MR) is 108 cm³/mol. The first-order valence-electron chi connectivity index (χ1n) is 7.98. The molecule has 0 saturated carbocycles. The Labute approximate surface area is 167 Å². The summed E-state index contributed by atoms with van der Waals surface area (Å²) < 4.78 is 5.43. The minimum absolute atomic E-state index is 0.144. The third-order valence-electron chi connectivity index (χ3n) is 3.95. The molecule has 0 aliphatic rings. The molecule has 1 amide bonds. The molecule has 3 aromatic carbocycles. The van der Waals surface area contributed by atoms with Crippen LogP contribution in [0, 0.1) is 10.1 Å². The summed E-state index contributed by atoms with van der Waals surface area (Å²) in [5.41, 5.74) is 2.52. The first-order valence-corrected chi connectivity index (χ1v) is 8.77. The first kappa shape index (κ1) is 19.3. The second kappa shape index (κ2) is 8.05. The van der Waals surface area contributed by atoms with Crippen LogP contribution in [-0.2, 0) is 0 Å². The van der Waals surface area contributed by atoms with Crippen LogP contribution in [-0.4, -0.2) is 29.3 Å². The lowest BCUT2D eigenvalue weighted by Crippen LogP contribution is -2.18. The zero-order chi connectivity index (χ0) is 20.3. The van der Waals surface area contributed by atoms with Crippen molar-refractivity contribution in [3.63, 3.8) is 0 Å². The number of rotatable bonds is 5. The van der Waals surface area contributed by atoms with Crippen molar-refractivity contribution in [1.82, 2.24) is 5.43 Å². The SMILES string of the molecule is COc1cc2ccccc2cc1C(=O)N/N=C/c1cc(Br)c(O)c([N+](=O)[O-])c1. The first-order chi connectivity index (χ1) is 13.4. The molecule has 0 aromatic heterocycles. The highest BCUT2D eigenvalue weighted by Crippen LogP contribution is 2.34. The lowest BCUT2D eigenvalue weighted by atomic mass is 10.1. The number of nitro benzene ring substituents is 1. The van der Waals surface area contributed by atoms with Crippen molar-refractivity contribution in [3.05, 3.63) is 74.2 Å². The number of ether oxygens (including phenoxy) is 1. The molecule has 3 aromatic rings. The number of aromatic hydroxyl groups is 1. The summed E-state index contributed by atoms with van der Waals surface area (Å²) in [5, 5.41) is 26.3. The van der Waals surface area contributed by atoms with Gasteiger partial charge in [0.25, 0.3) is 5.91 Å². The molecule has 3 rings (SSSR count). The molecule has 142 valence electrons. The zero-order valence-electron chi connectivity index (χ0n) is 14.5. The molecule has 0 radical (unpaired) electrons. The summed E-state index contributed by atoms with van der Waals surface area (Å²) in [6.07, 6.45) is 1.24. The summed E-state index contributed by atoms with van der Waals surface area (Å²) in [4.78, 5) is 22.7. The van der Waals surface area contributed by atoms with Gasteiger partial charge in [-0.25, -0.2) is 5.43 Å². The number of nitro groups is 1. The highest BCUT2D eigenvalue weighted by atomic mass is 79.9. The van der Waals surface area contributed by atoms with Gasteiger partial charge in [0.1, 0.15) is 5.75 Å². The van der Waals surface area contributed by atoms with E-state index in [0.717, 1.165) is 16.8 Å². The van der Waals surface area contributed by atoms with Gasteiger partial charge in [0, 0.05) is 11.6 Å². The summed E-state index contributed by atoms with van der Waals surface area (Å²) in [6, 6.07) is 13.6. The number of nitrogens with one attached hydrogen (secondary N) is 1. The Balaban J connectivity index is 1.84. The number of amides is 1. The smallest absolute Gasteiger partial charge is 0.312 e. The molecule has 0 aliphatic carbocycles. The number of hydrogen-bond acceptors (Lipinski definition) is 6. The number of phenolic OH excluding ortho intramolecular Hbond substituents is 1. The molecule has 28 heavy (non-hydrogen) atoms. The summed E-state index contributed by atoms with van der Waals surface area (Å²) in [5.74, 6) is -0.576. The van der Waals surface area contributed by atoms with Gasteiger partial charge in [-0.05, 0) is 44.9 Å². The van der Waals surface area contributed by atoms with Gasteiger partial charge in [0.2, 0.25) is 5.75 Å². The number of hydrogen-bond donors (Lipinski definition) is 2. The number of nitrogens with zero attached hydrogens (tertiary/aromatic N) is 2. The highest BCUT2D eigenvalue weighted by molar-refractivity contribution is 9.10. The topological polar surface area (TPSA) is 114 Å². The molecule has 0 unspecified atom stereocenters. The molecule has 2 N–H and O–H groups in total. The Morgan fingerprint density at radius 3 is 2.57 bits per heavy atom. The van der Waals surface area contributed by atoms with Crippen LogP contribution in [0.1, 0.15) is 15.9 Å². The van der Waals surface area contributed by atoms with E-state index in [-0.39, 0.29) is 4.47 Å². The van der Waals surface area contributed by atoms with E-state index in [1.807, 2.05) is 24.3 Å². The van der Waals surface area contributed by atoms with Crippen molar-refractivity contribution in [2.75, 3.05) is 7.11 Å². The fourth-order valence-corrected chi connectivity index (χ4v) is 3.08. The average molecular weight is 444 g/mol. The lowest BCUT2D eigenvalue weighted by Gasteiger charge is -2.09. The predicted octanol–water partition coefficient (Wildman–Crippen LogP) is 3.99. The van der Waals surface area contributed by atoms with Crippen molar-refractivity contribution in [1.29, 1.82) is 0 Å². The van der Waals surface area contributed by atoms with Crippen LogP contribution >= 0.6 is 15.9 Å². The second-order valence-corrected chi connectivity index (χ2v) is 6.58. The van der Waals surface area contributed by atoms with Crippen LogP contribution < -0.4 is 10.2 Å². The fourth-order valence-electron chi connectivity index (χ4n) is 2.61. The number of benzene rings is 3. The summed E-state index contributed by atoms with van der Waals surface area (Å²) in [7, 11) is 1.47. The van der Waals surface area contributed by atoms with Gasteiger partial charge >= 0.3 is 5.69 Å². The summed E-state index contributed by atoms with van der Waals surface area (Å²) >= 11 is 3.04. The molecular formula is C19H14BrN3O5. The molecule has 0 atom stereocenters. The van der Waals surface area contributed by atoms with Crippen molar-refractivity contribution >= 4 is 44.5 Å². The molecule has 0 heterocycles. The Bertz CT molecular complexity index is 1110. The molecule has 9 heteroatoms. The number of fused-ring (bicyclic) bond motifs is 1. The number of carbonyl (C=O) groups excluding carboxylic acids is 1. The maximum absolute atomic E-state index is 12.5. The van der Waals surface area contributed by atoms with Gasteiger partial charge in [-0.1, -0.05) is 24.3 Å². The van der Waals surface area contributed by atoms with Crippen molar-refractivity contribution < 1.29 is 19.6 Å². The minimum Gasteiger partial charge on any atom is -0.501 e. The fraction of sp³-hybridized carbons (Fsp3) is 0.0526. The van der Waals surface area contributed by atoms with E-state index >= 15 is 0 Å². The van der Waals surface area contributed by atoms with Crippen LogP contribution in [0.15, 0.2) is 58.1 Å². The lowest BCUT2D eigenvalue weighted by molar-refractivity contribution is -0.386. The van der Waals surface area contributed by atoms with E-state index in [2.05, 4.69) is 26.5 Å². The Morgan fingerprint density at radius 2 is 1.93 bits per heavy atom. The van der Waals surface area contributed by atoms with Gasteiger partial charge in [0.15, 0.2) is 0 Å². The van der Waals surface area contributed by atoms with E-state index in [0.29, 0.717) is 16.9 Å². The molecule has 8 nitrogen and oxygen atoms in total. The van der Waals surface area contributed by atoms with Crippen molar-refractivity contribution in [3.8, 4) is 11.5 Å². The Kier molecular flexibility index (Phi) is 5.55. The van der Waals surface area contributed by atoms with E-state index < -0.39 is 22.3 Å². The molecule has 0 bridgehead atoms.